The van der Waals surface area contributed by atoms with Crippen molar-refractivity contribution in [3.05, 3.63) is 44.8 Å². The van der Waals surface area contributed by atoms with Crippen LogP contribution >= 0.6 is 24.0 Å². The van der Waals surface area contributed by atoms with Crippen LogP contribution in [-0.4, -0.2) is 39.2 Å². The molecule has 120 valence electrons. The minimum Gasteiger partial charge on any atom is -0.467 e. The summed E-state index contributed by atoms with van der Waals surface area (Å²) in [6, 6.07) is 5.06. The van der Waals surface area contributed by atoms with Crippen LogP contribution in [0.25, 0.3) is 6.08 Å². The van der Waals surface area contributed by atoms with Crippen LogP contribution in [0.4, 0.5) is 5.69 Å². The van der Waals surface area contributed by atoms with E-state index in [1.807, 2.05) is 0 Å². The van der Waals surface area contributed by atoms with Crippen molar-refractivity contribution >= 4 is 51.9 Å². The lowest BCUT2D eigenvalue weighted by Gasteiger charge is -2.20. The molecule has 1 aromatic rings. The summed E-state index contributed by atoms with van der Waals surface area (Å²) in [6.45, 7) is 1.52. The first kappa shape index (κ1) is 17.1. The number of hydrogen-bond donors (Lipinski definition) is 0. The van der Waals surface area contributed by atoms with Gasteiger partial charge in [-0.3, -0.25) is 19.8 Å². The van der Waals surface area contributed by atoms with Gasteiger partial charge in [0.15, 0.2) is 0 Å². The molecule has 0 radical (unpaired) electrons. The van der Waals surface area contributed by atoms with Gasteiger partial charge in [0.1, 0.15) is 10.4 Å². The van der Waals surface area contributed by atoms with E-state index in [1.165, 1.54) is 43.2 Å². The standard InChI is InChI=1S/C14H12N2O5S2/c1-8(13(18)21-2)15-12(17)11(23-14(15)22)7-9-4-3-5-10(6-9)16(19)20/h3-8H,1-2H3. The van der Waals surface area contributed by atoms with E-state index in [0.29, 0.717) is 10.5 Å². The molecule has 0 saturated carbocycles. The molecular formula is C14H12N2O5S2. The van der Waals surface area contributed by atoms with Crippen LogP contribution in [-0.2, 0) is 14.3 Å². The number of methoxy groups -OCH3 is 1. The number of rotatable bonds is 4. The molecule has 1 aromatic carbocycles. The lowest BCUT2D eigenvalue weighted by atomic mass is 10.2. The average molecular weight is 352 g/mol. The Morgan fingerprint density at radius 2 is 2.22 bits per heavy atom. The third kappa shape index (κ3) is 3.57. The molecule has 1 aliphatic rings. The second-order valence-electron chi connectivity index (χ2n) is 4.60. The van der Waals surface area contributed by atoms with Crippen LogP contribution < -0.4 is 0 Å². The molecule has 0 aromatic heterocycles. The van der Waals surface area contributed by atoms with Crippen molar-refractivity contribution in [1.29, 1.82) is 0 Å². The molecule has 1 fully saturated rings. The number of hydrogen-bond acceptors (Lipinski definition) is 7. The summed E-state index contributed by atoms with van der Waals surface area (Å²) in [5.41, 5.74) is 0.433. The number of nitro benzene ring substituents is 1. The summed E-state index contributed by atoms with van der Waals surface area (Å²) < 4.78 is 4.86. The number of esters is 1. The summed E-state index contributed by atoms with van der Waals surface area (Å²) in [7, 11) is 1.23. The molecule has 7 nitrogen and oxygen atoms in total. The number of thioether (sulfide) groups is 1. The Kier molecular flexibility index (Phi) is 5.12. The number of carbonyl (C=O) groups is 2. The monoisotopic (exact) mass is 352 g/mol. The molecular weight excluding hydrogens is 340 g/mol. The van der Waals surface area contributed by atoms with Crippen LogP contribution in [0.1, 0.15) is 12.5 Å². The van der Waals surface area contributed by atoms with E-state index >= 15 is 0 Å². The molecule has 9 heteroatoms. The Morgan fingerprint density at radius 3 is 2.83 bits per heavy atom. The van der Waals surface area contributed by atoms with Crippen molar-refractivity contribution in [2.45, 2.75) is 13.0 Å². The predicted octanol–water partition coefficient (Wildman–Crippen LogP) is 2.36. The van der Waals surface area contributed by atoms with Gasteiger partial charge in [-0.15, -0.1) is 0 Å². The maximum atomic E-state index is 12.4. The summed E-state index contributed by atoms with van der Waals surface area (Å²) in [4.78, 5) is 35.8. The number of nitrogens with zero attached hydrogens (tertiary/aromatic N) is 2. The molecule has 1 saturated heterocycles. The first-order valence-electron chi connectivity index (χ1n) is 6.44. The van der Waals surface area contributed by atoms with Gasteiger partial charge in [-0.25, -0.2) is 4.79 Å². The van der Waals surface area contributed by atoms with E-state index in [-0.39, 0.29) is 10.0 Å². The zero-order valence-corrected chi connectivity index (χ0v) is 13.8. The zero-order valence-electron chi connectivity index (χ0n) is 12.2. The maximum Gasteiger partial charge on any atom is 0.328 e. The summed E-state index contributed by atoms with van der Waals surface area (Å²) in [6.07, 6.45) is 1.51. The molecule has 0 bridgehead atoms. The number of thiocarbonyl (C=S) groups is 1. The van der Waals surface area contributed by atoms with E-state index in [0.717, 1.165) is 11.8 Å². The van der Waals surface area contributed by atoms with Gasteiger partial charge < -0.3 is 4.74 Å². The van der Waals surface area contributed by atoms with Crippen LogP contribution in [0, 0.1) is 10.1 Å². The van der Waals surface area contributed by atoms with E-state index in [4.69, 9.17) is 12.2 Å². The van der Waals surface area contributed by atoms with Crippen LogP contribution in [0.2, 0.25) is 0 Å². The van der Waals surface area contributed by atoms with E-state index in [2.05, 4.69) is 4.74 Å². The largest absolute Gasteiger partial charge is 0.467 e. The normalized spacial score (nSPS) is 17.5. The quantitative estimate of drug-likeness (QED) is 0.270. The smallest absolute Gasteiger partial charge is 0.328 e. The lowest BCUT2D eigenvalue weighted by molar-refractivity contribution is -0.384. The van der Waals surface area contributed by atoms with Crippen LogP contribution in [0.15, 0.2) is 29.2 Å². The highest BCUT2D eigenvalue weighted by molar-refractivity contribution is 8.26. The Hall–Kier alpha value is -2.26. The summed E-state index contributed by atoms with van der Waals surface area (Å²) in [5.74, 6) is -0.998. The zero-order chi connectivity index (χ0) is 17.1. The molecule has 1 atom stereocenters. The highest BCUT2D eigenvalue weighted by Crippen LogP contribution is 2.34. The minimum atomic E-state index is -0.830. The number of amides is 1. The molecule has 0 aliphatic carbocycles. The Balaban J connectivity index is 2.30. The SMILES string of the molecule is COC(=O)C(C)N1C(=O)C(=Cc2cccc([N+](=O)[O-])c2)SC1=S. The van der Waals surface area contributed by atoms with Crippen molar-refractivity contribution < 1.29 is 19.2 Å². The third-order valence-corrected chi connectivity index (χ3v) is 4.46. The summed E-state index contributed by atoms with van der Waals surface area (Å²) in [5, 5.41) is 10.8. The van der Waals surface area contributed by atoms with Crippen molar-refractivity contribution in [1.82, 2.24) is 4.90 Å². The highest BCUT2D eigenvalue weighted by atomic mass is 32.2. The second kappa shape index (κ2) is 6.88. The molecule has 1 heterocycles. The van der Waals surface area contributed by atoms with Crippen molar-refractivity contribution in [2.24, 2.45) is 0 Å². The number of non-ortho nitro benzene ring substituents is 1. The molecule has 2 rings (SSSR count). The fourth-order valence-corrected chi connectivity index (χ4v) is 3.39. The first-order chi connectivity index (χ1) is 10.8. The van der Waals surface area contributed by atoms with E-state index < -0.39 is 22.8 Å². The van der Waals surface area contributed by atoms with Crippen molar-refractivity contribution in [3.63, 3.8) is 0 Å². The molecule has 23 heavy (non-hydrogen) atoms. The maximum absolute atomic E-state index is 12.4. The summed E-state index contributed by atoms with van der Waals surface area (Å²) >= 11 is 6.17. The van der Waals surface area contributed by atoms with Crippen molar-refractivity contribution in [2.75, 3.05) is 7.11 Å². The number of nitro groups is 1. The van der Waals surface area contributed by atoms with Gasteiger partial charge in [0.05, 0.1) is 16.9 Å². The van der Waals surface area contributed by atoms with Gasteiger partial charge in [-0.2, -0.15) is 0 Å². The van der Waals surface area contributed by atoms with Crippen LogP contribution in [0.3, 0.4) is 0 Å². The Bertz CT molecular complexity index is 732. The lowest BCUT2D eigenvalue weighted by Crippen LogP contribution is -2.42. The molecule has 1 aliphatic heterocycles. The fraction of sp³-hybridized carbons (Fsp3) is 0.214. The minimum absolute atomic E-state index is 0.0721. The number of ether oxygens (including phenoxy) is 1. The van der Waals surface area contributed by atoms with Gasteiger partial charge in [0, 0.05) is 12.1 Å². The molecule has 1 unspecified atom stereocenters. The third-order valence-electron chi connectivity index (χ3n) is 3.13. The van der Waals surface area contributed by atoms with Gasteiger partial charge >= 0.3 is 5.97 Å². The number of carbonyl (C=O) groups excluding carboxylic acids is 2. The highest BCUT2D eigenvalue weighted by Gasteiger charge is 2.38. The van der Waals surface area contributed by atoms with Gasteiger partial charge in [-0.05, 0) is 18.6 Å². The second-order valence-corrected chi connectivity index (χ2v) is 6.28. The van der Waals surface area contributed by atoms with Gasteiger partial charge in [-0.1, -0.05) is 36.1 Å². The van der Waals surface area contributed by atoms with E-state index in [1.54, 1.807) is 6.07 Å². The predicted molar refractivity (Wildman–Crippen MR) is 89.6 cm³/mol. The Morgan fingerprint density at radius 1 is 1.52 bits per heavy atom. The van der Waals surface area contributed by atoms with Gasteiger partial charge in [0.2, 0.25) is 0 Å². The average Bonchev–Trinajstić information content (AvgIpc) is 2.80. The molecule has 0 spiro atoms. The Labute approximate surface area is 141 Å². The number of benzene rings is 1. The first-order valence-corrected chi connectivity index (χ1v) is 7.67. The fourth-order valence-electron chi connectivity index (χ4n) is 1.97. The van der Waals surface area contributed by atoms with Crippen molar-refractivity contribution in [3.8, 4) is 0 Å². The van der Waals surface area contributed by atoms with Crippen LogP contribution in [0.5, 0.6) is 0 Å². The molecule has 0 N–H and O–H groups in total. The van der Waals surface area contributed by atoms with Gasteiger partial charge in [0.25, 0.3) is 11.6 Å². The topological polar surface area (TPSA) is 89.8 Å². The van der Waals surface area contributed by atoms with E-state index in [9.17, 15) is 19.7 Å². The molecule has 1 amide bonds.